The lowest BCUT2D eigenvalue weighted by Gasteiger charge is -2.13. The van der Waals surface area contributed by atoms with Crippen molar-refractivity contribution in [2.75, 3.05) is 23.8 Å². The lowest BCUT2D eigenvalue weighted by Crippen LogP contribution is -2.17. The van der Waals surface area contributed by atoms with Crippen molar-refractivity contribution in [1.29, 1.82) is 0 Å². The minimum Gasteiger partial charge on any atom is -0.406 e. The minimum atomic E-state index is -4.75. The third-order valence-corrected chi connectivity index (χ3v) is 4.42. The van der Waals surface area contributed by atoms with Gasteiger partial charge in [-0.2, -0.15) is 0 Å². The van der Waals surface area contributed by atoms with Crippen LogP contribution in [0.3, 0.4) is 0 Å². The Labute approximate surface area is 176 Å². The summed E-state index contributed by atoms with van der Waals surface area (Å²) in [4.78, 5) is 16.9. The van der Waals surface area contributed by atoms with Gasteiger partial charge in [0.25, 0.3) is 5.91 Å². The predicted octanol–water partition coefficient (Wildman–Crippen LogP) is 4.61. The van der Waals surface area contributed by atoms with Crippen LogP contribution in [0.5, 0.6) is 5.75 Å². The molecule has 0 saturated heterocycles. The Hall–Kier alpha value is -3.59. The molecule has 0 spiro atoms. The molecule has 6 nitrogen and oxygen atoms in total. The minimum absolute atomic E-state index is 0.0200. The van der Waals surface area contributed by atoms with Crippen LogP contribution in [0.4, 0.5) is 24.7 Å². The van der Waals surface area contributed by atoms with Crippen LogP contribution in [0.2, 0.25) is 0 Å². The van der Waals surface area contributed by atoms with Crippen LogP contribution in [0, 0.1) is 6.92 Å². The highest BCUT2D eigenvalue weighted by Gasteiger charge is 2.31. The van der Waals surface area contributed by atoms with E-state index in [2.05, 4.69) is 20.4 Å². The van der Waals surface area contributed by atoms with Crippen molar-refractivity contribution in [3.63, 3.8) is 0 Å². The number of nitrogens with one attached hydrogen (secondary N) is 2. The molecule has 0 fully saturated rings. The summed E-state index contributed by atoms with van der Waals surface area (Å²) in [5, 5.41) is 14.5. The molecule has 0 unspecified atom stereocenters. The number of aliphatic hydroxyl groups is 1. The predicted molar refractivity (Wildman–Crippen MR) is 111 cm³/mol. The summed E-state index contributed by atoms with van der Waals surface area (Å²) >= 11 is 0. The molecule has 2 aromatic carbocycles. The van der Waals surface area contributed by atoms with E-state index in [4.69, 9.17) is 5.11 Å². The number of aromatic nitrogens is 1. The summed E-state index contributed by atoms with van der Waals surface area (Å²) in [5.74, 6) is -0.0790. The third kappa shape index (κ3) is 5.95. The fourth-order valence-corrected chi connectivity index (χ4v) is 2.99. The van der Waals surface area contributed by atoms with Crippen molar-refractivity contribution in [2.45, 2.75) is 13.3 Å². The van der Waals surface area contributed by atoms with E-state index in [-0.39, 0.29) is 18.3 Å². The Morgan fingerprint density at radius 1 is 1.10 bits per heavy atom. The summed E-state index contributed by atoms with van der Waals surface area (Å²) in [7, 11) is 0. The molecule has 0 aliphatic heterocycles. The molecule has 1 heterocycles. The maximum atomic E-state index is 12.8. The summed E-state index contributed by atoms with van der Waals surface area (Å²) < 4.78 is 40.9. The second-order valence-electron chi connectivity index (χ2n) is 6.59. The van der Waals surface area contributed by atoms with Gasteiger partial charge < -0.3 is 20.5 Å². The van der Waals surface area contributed by atoms with E-state index in [0.29, 0.717) is 40.3 Å². The molecule has 0 atom stereocenters. The van der Waals surface area contributed by atoms with Gasteiger partial charge in [-0.25, -0.2) is 4.98 Å². The molecular formula is C22H20F3N3O3. The number of alkyl halides is 3. The van der Waals surface area contributed by atoms with Crippen LogP contribution in [0.1, 0.15) is 15.9 Å². The molecule has 0 aliphatic rings. The Kier molecular flexibility index (Phi) is 6.76. The first-order valence-corrected chi connectivity index (χ1v) is 9.35. The standard InChI is InChI=1S/C22H20F3N3O3/c1-14-18(15-5-8-17(9-6-15)31-22(23,24)25)3-2-4-19(14)21(30)28-16-7-10-20(27-13-16)26-11-12-29/h2-10,13,29H,11-12H2,1H3,(H,26,27)(H,28,30). The quantitative estimate of drug-likeness (QED) is 0.509. The smallest absolute Gasteiger partial charge is 0.406 e. The maximum Gasteiger partial charge on any atom is 0.573 e. The van der Waals surface area contributed by atoms with Crippen molar-refractivity contribution in [1.82, 2.24) is 4.98 Å². The molecule has 31 heavy (non-hydrogen) atoms. The summed E-state index contributed by atoms with van der Waals surface area (Å²) in [6, 6.07) is 14.0. The van der Waals surface area contributed by atoms with E-state index in [0.717, 1.165) is 0 Å². The van der Waals surface area contributed by atoms with Crippen LogP contribution in [0.25, 0.3) is 11.1 Å². The number of aliphatic hydroxyl groups excluding tert-OH is 1. The van der Waals surface area contributed by atoms with Gasteiger partial charge in [-0.15, -0.1) is 13.2 Å². The average molecular weight is 431 g/mol. The second-order valence-corrected chi connectivity index (χ2v) is 6.59. The molecule has 3 N–H and O–H groups in total. The number of benzene rings is 2. The highest BCUT2D eigenvalue weighted by molar-refractivity contribution is 6.06. The Morgan fingerprint density at radius 2 is 1.84 bits per heavy atom. The Bertz CT molecular complexity index is 1040. The van der Waals surface area contributed by atoms with Gasteiger partial charge in [0.2, 0.25) is 0 Å². The zero-order chi connectivity index (χ0) is 22.4. The third-order valence-electron chi connectivity index (χ3n) is 4.42. The van der Waals surface area contributed by atoms with Gasteiger partial charge in [0, 0.05) is 12.1 Å². The van der Waals surface area contributed by atoms with Gasteiger partial charge in [0.1, 0.15) is 11.6 Å². The molecule has 0 radical (unpaired) electrons. The first-order chi connectivity index (χ1) is 14.8. The van der Waals surface area contributed by atoms with Crippen molar-refractivity contribution in [3.8, 4) is 16.9 Å². The molecule has 0 saturated carbocycles. The number of carbonyl (C=O) groups excluding carboxylic acids is 1. The lowest BCUT2D eigenvalue weighted by atomic mass is 9.96. The van der Waals surface area contributed by atoms with Gasteiger partial charge in [-0.05, 0) is 53.9 Å². The van der Waals surface area contributed by atoms with E-state index >= 15 is 0 Å². The normalized spacial score (nSPS) is 11.1. The van der Waals surface area contributed by atoms with Crippen molar-refractivity contribution in [3.05, 3.63) is 71.9 Å². The number of anilines is 2. The van der Waals surface area contributed by atoms with Gasteiger partial charge in [0.15, 0.2) is 0 Å². The SMILES string of the molecule is Cc1c(C(=O)Nc2ccc(NCCO)nc2)cccc1-c1ccc(OC(F)(F)F)cc1. The molecule has 1 aromatic heterocycles. The number of rotatable bonds is 7. The average Bonchev–Trinajstić information content (AvgIpc) is 2.73. The molecule has 9 heteroatoms. The lowest BCUT2D eigenvalue weighted by molar-refractivity contribution is -0.274. The van der Waals surface area contributed by atoms with E-state index in [1.165, 1.54) is 30.5 Å². The molecule has 3 aromatic rings. The molecule has 1 amide bonds. The molecule has 162 valence electrons. The molecular weight excluding hydrogens is 411 g/mol. The van der Waals surface area contributed by atoms with Crippen molar-refractivity contribution >= 4 is 17.4 Å². The molecule has 3 rings (SSSR count). The molecule has 0 bridgehead atoms. The Balaban J connectivity index is 1.76. The van der Waals surface area contributed by atoms with Crippen LogP contribution in [0.15, 0.2) is 60.8 Å². The van der Waals surface area contributed by atoms with E-state index in [9.17, 15) is 18.0 Å². The number of carbonyl (C=O) groups is 1. The van der Waals surface area contributed by atoms with Crippen LogP contribution >= 0.6 is 0 Å². The van der Waals surface area contributed by atoms with Gasteiger partial charge in [-0.3, -0.25) is 4.79 Å². The maximum absolute atomic E-state index is 12.8. The zero-order valence-electron chi connectivity index (χ0n) is 16.5. The highest BCUT2D eigenvalue weighted by Crippen LogP contribution is 2.29. The highest BCUT2D eigenvalue weighted by atomic mass is 19.4. The number of hydrogen-bond acceptors (Lipinski definition) is 5. The fourth-order valence-electron chi connectivity index (χ4n) is 2.99. The number of pyridine rings is 1. The number of ether oxygens (including phenoxy) is 1. The van der Waals surface area contributed by atoms with Crippen LogP contribution < -0.4 is 15.4 Å². The molecule has 0 aliphatic carbocycles. The van der Waals surface area contributed by atoms with Crippen LogP contribution in [-0.2, 0) is 0 Å². The van der Waals surface area contributed by atoms with E-state index in [1.54, 1.807) is 37.3 Å². The first-order valence-electron chi connectivity index (χ1n) is 9.35. The monoisotopic (exact) mass is 431 g/mol. The first kappa shape index (κ1) is 22.1. The topological polar surface area (TPSA) is 83.5 Å². The van der Waals surface area contributed by atoms with Gasteiger partial charge in [-0.1, -0.05) is 24.3 Å². The Morgan fingerprint density at radius 3 is 2.45 bits per heavy atom. The van der Waals surface area contributed by atoms with Crippen LogP contribution in [-0.4, -0.2) is 35.5 Å². The van der Waals surface area contributed by atoms with Crippen molar-refractivity contribution < 1.29 is 27.8 Å². The van der Waals surface area contributed by atoms with Gasteiger partial charge in [0.05, 0.1) is 18.5 Å². The number of hydrogen-bond donors (Lipinski definition) is 3. The number of amides is 1. The van der Waals surface area contributed by atoms with Gasteiger partial charge >= 0.3 is 6.36 Å². The van der Waals surface area contributed by atoms with E-state index < -0.39 is 6.36 Å². The zero-order valence-corrected chi connectivity index (χ0v) is 16.5. The summed E-state index contributed by atoms with van der Waals surface area (Å²) in [5.41, 5.74) is 2.97. The second kappa shape index (κ2) is 9.48. The summed E-state index contributed by atoms with van der Waals surface area (Å²) in [6.45, 7) is 2.12. The summed E-state index contributed by atoms with van der Waals surface area (Å²) in [6.07, 6.45) is -3.26. The number of halogens is 3. The largest absolute Gasteiger partial charge is 0.573 e. The fraction of sp³-hybridized carbons (Fsp3) is 0.182. The number of nitrogens with zero attached hydrogens (tertiary/aromatic N) is 1. The van der Waals surface area contributed by atoms with Crippen molar-refractivity contribution in [2.24, 2.45) is 0 Å². The van der Waals surface area contributed by atoms with E-state index in [1.807, 2.05) is 0 Å².